The molecule has 0 spiro atoms. The number of rotatable bonds is 2. The number of halogens is 1. The molecule has 2 nitrogen and oxygen atoms in total. The molecule has 0 aliphatic carbocycles. The Morgan fingerprint density at radius 2 is 1.74 bits per heavy atom. The third kappa shape index (κ3) is 2.52. The molecule has 1 aliphatic heterocycles. The van der Waals surface area contributed by atoms with Gasteiger partial charge in [-0.25, -0.2) is 0 Å². The third-order valence-corrected chi connectivity index (χ3v) is 4.02. The van der Waals surface area contributed by atoms with Gasteiger partial charge in [0.25, 0.3) is 0 Å². The van der Waals surface area contributed by atoms with Crippen LogP contribution in [0.4, 0.5) is 0 Å². The van der Waals surface area contributed by atoms with E-state index in [-0.39, 0.29) is 6.04 Å². The molecule has 1 fully saturated rings. The molecule has 0 radical (unpaired) electrons. The van der Waals surface area contributed by atoms with Crippen molar-refractivity contribution in [2.75, 3.05) is 6.54 Å². The van der Waals surface area contributed by atoms with Crippen LogP contribution < -0.4 is 5.32 Å². The van der Waals surface area contributed by atoms with E-state index in [9.17, 15) is 5.11 Å². The molecule has 0 amide bonds. The highest BCUT2D eigenvalue weighted by molar-refractivity contribution is 6.30. The van der Waals surface area contributed by atoms with E-state index in [4.69, 9.17) is 11.6 Å². The maximum absolute atomic E-state index is 10.8. The molecular formula is C16H16ClNO. The van der Waals surface area contributed by atoms with Gasteiger partial charge in [0, 0.05) is 24.0 Å². The van der Waals surface area contributed by atoms with E-state index in [1.54, 1.807) is 0 Å². The van der Waals surface area contributed by atoms with E-state index in [2.05, 4.69) is 5.32 Å². The summed E-state index contributed by atoms with van der Waals surface area (Å²) in [6.07, 6.45) is 0.679. The summed E-state index contributed by atoms with van der Waals surface area (Å²) in [7, 11) is 0. The lowest BCUT2D eigenvalue weighted by Crippen LogP contribution is -2.28. The van der Waals surface area contributed by atoms with Gasteiger partial charge >= 0.3 is 0 Å². The van der Waals surface area contributed by atoms with Gasteiger partial charge in [-0.1, -0.05) is 54.1 Å². The highest BCUT2D eigenvalue weighted by atomic mass is 35.5. The summed E-state index contributed by atoms with van der Waals surface area (Å²) < 4.78 is 0. The molecule has 2 aromatic rings. The Morgan fingerprint density at radius 3 is 2.42 bits per heavy atom. The molecule has 0 saturated carbocycles. The van der Waals surface area contributed by atoms with Crippen molar-refractivity contribution in [2.45, 2.75) is 18.1 Å². The molecular weight excluding hydrogens is 258 g/mol. The van der Waals surface area contributed by atoms with E-state index in [0.717, 1.165) is 16.1 Å². The lowest BCUT2D eigenvalue weighted by molar-refractivity contribution is 0.0559. The first kappa shape index (κ1) is 12.7. The molecule has 1 aliphatic rings. The first-order chi connectivity index (χ1) is 9.17. The van der Waals surface area contributed by atoms with Crippen LogP contribution in [0.3, 0.4) is 0 Å². The molecule has 1 saturated heterocycles. The summed E-state index contributed by atoms with van der Waals surface area (Å²) in [5.74, 6) is 0. The van der Waals surface area contributed by atoms with Crippen molar-refractivity contribution in [1.82, 2.24) is 5.32 Å². The van der Waals surface area contributed by atoms with Gasteiger partial charge in [0.2, 0.25) is 0 Å². The zero-order valence-electron chi connectivity index (χ0n) is 10.5. The molecule has 2 aromatic carbocycles. The normalized spacial score (nSPS) is 26.5. The van der Waals surface area contributed by atoms with Gasteiger partial charge in [-0.3, -0.25) is 0 Å². The molecule has 3 rings (SSSR count). The van der Waals surface area contributed by atoms with Crippen LogP contribution in [-0.2, 0) is 5.60 Å². The van der Waals surface area contributed by atoms with Gasteiger partial charge in [-0.2, -0.15) is 0 Å². The standard InChI is InChI=1S/C16H16ClNO/c17-14-8-6-12(7-9-14)15-10-16(19,11-18-15)13-4-2-1-3-5-13/h1-9,15,18-19H,10-11H2. The molecule has 2 atom stereocenters. The monoisotopic (exact) mass is 273 g/mol. The van der Waals surface area contributed by atoms with Gasteiger partial charge in [0.05, 0.1) is 0 Å². The topological polar surface area (TPSA) is 32.3 Å². The van der Waals surface area contributed by atoms with Crippen molar-refractivity contribution in [3.05, 3.63) is 70.7 Å². The summed E-state index contributed by atoms with van der Waals surface area (Å²) >= 11 is 5.90. The number of hydrogen-bond donors (Lipinski definition) is 2. The Morgan fingerprint density at radius 1 is 1.05 bits per heavy atom. The van der Waals surface area contributed by atoms with E-state index < -0.39 is 5.60 Å². The van der Waals surface area contributed by atoms with Crippen molar-refractivity contribution in [3.8, 4) is 0 Å². The zero-order chi connectivity index (χ0) is 13.3. The number of β-amino-alcohol motifs (C(OH)–C–C–N with tert-alkyl or cyclic N) is 1. The fourth-order valence-electron chi connectivity index (χ4n) is 2.67. The van der Waals surface area contributed by atoms with Crippen molar-refractivity contribution in [1.29, 1.82) is 0 Å². The predicted molar refractivity (Wildman–Crippen MR) is 77.2 cm³/mol. The first-order valence-corrected chi connectivity index (χ1v) is 6.82. The van der Waals surface area contributed by atoms with Gasteiger partial charge in [0.1, 0.15) is 5.60 Å². The van der Waals surface area contributed by atoms with Crippen LogP contribution >= 0.6 is 11.6 Å². The largest absolute Gasteiger partial charge is 0.384 e. The van der Waals surface area contributed by atoms with Crippen LogP contribution in [0.5, 0.6) is 0 Å². The van der Waals surface area contributed by atoms with Crippen LogP contribution in [0, 0.1) is 0 Å². The SMILES string of the molecule is OC1(c2ccccc2)CNC(c2ccc(Cl)cc2)C1. The van der Waals surface area contributed by atoms with Crippen LogP contribution in [-0.4, -0.2) is 11.7 Å². The lowest BCUT2D eigenvalue weighted by Gasteiger charge is -2.22. The Hall–Kier alpha value is -1.35. The Balaban J connectivity index is 1.82. The highest BCUT2D eigenvalue weighted by Crippen LogP contribution is 2.37. The maximum atomic E-state index is 10.8. The van der Waals surface area contributed by atoms with Crippen molar-refractivity contribution < 1.29 is 5.11 Å². The average molecular weight is 274 g/mol. The first-order valence-electron chi connectivity index (χ1n) is 6.44. The number of benzene rings is 2. The second-order valence-corrected chi connectivity index (χ2v) is 5.52. The fourth-order valence-corrected chi connectivity index (χ4v) is 2.80. The summed E-state index contributed by atoms with van der Waals surface area (Å²) in [6, 6.07) is 17.8. The van der Waals surface area contributed by atoms with Crippen LogP contribution in [0.15, 0.2) is 54.6 Å². The molecule has 0 aromatic heterocycles. The minimum absolute atomic E-state index is 0.169. The highest BCUT2D eigenvalue weighted by Gasteiger charge is 2.38. The quantitative estimate of drug-likeness (QED) is 0.880. The van der Waals surface area contributed by atoms with Crippen molar-refractivity contribution >= 4 is 11.6 Å². The zero-order valence-corrected chi connectivity index (χ0v) is 11.3. The van der Waals surface area contributed by atoms with Crippen LogP contribution in [0.2, 0.25) is 5.02 Å². The van der Waals surface area contributed by atoms with E-state index in [1.807, 2.05) is 54.6 Å². The molecule has 2 N–H and O–H groups in total. The molecule has 2 unspecified atom stereocenters. The maximum Gasteiger partial charge on any atom is 0.104 e. The van der Waals surface area contributed by atoms with Crippen LogP contribution in [0.25, 0.3) is 0 Å². The van der Waals surface area contributed by atoms with E-state index in [1.165, 1.54) is 0 Å². The molecule has 19 heavy (non-hydrogen) atoms. The number of aliphatic hydroxyl groups is 1. The van der Waals surface area contributed by atoms with Crippen molar-refractivity contribution in [3.63, 3.8) is 0 Å². The van der Waals surface area contributed by atoms with Crippen LogP contribution in [0.1, 0.15) is 23.6 Å². The van der Waals surface area contributed by atoms with Gasteiger partial charge < -0.3 is 10.4 Å². The van der Waals surface area contributed by atoms with Gasteiger partial charge in [-0.15, -0.1) is 0 Å². The minimum Gasteiger partial charge on any atom is -0.384 e. The Bertz CT molecular complexity index is 555. The second kappa shape index (κ2) is 4.97. The summed E-state index contributed by atoms with van der Waals surface area (Å²) in [4.78, 5) is 0. The summed E-state index contributed by atoms with van der Waals surface area (Å²) in [6.45, 7) is 0.574. The van der Waals surface area contributed by atoms with Crippen molar-refractivity contribution in [2.24, 2.45) is 0 Å². The third-order valence-electron chi connectivity index (χ3n) is 3.77. The van der Waals surface area contributed by atoms with E-state index in [0.29, 0.717) is 13.0 Å². The fraction of sp³-hybridized carbons (Fsp3) is 0.250. The molecule has 98 valence electrons. The molecule has 0 bridgehead atoms. The molecule has 1 heterocycles. The van der Waals surface area contributed by atoms with Gasteiger partial charge in [0.15, 0.2) is 0 Å². The summed E-state index contributed by atoms with van der Waals surface area (Å²) in [5.41, 5.74) is 1.35. The minimum atomic E-state index is -0.786. The Labute approximate surface area is 118 Å². The number of hydrogen-bond acceptors (Lipinski definition) is 2. The summed E-state index contributed by atoms with van der Waals surface area (Å²) in [5, 5.41) is 14.9. The molecule has 3 heteroatoms. The predicted octanol–water partition coefficient (Wildman–Crippen LogP) is 3.26. The second-order valence-electron chi connectivity index (χ2n) is 5.09. The average Bonchev–Trinajstić information content (AvgIpc) is 2.85. The van der Waals surface area contributed by atoms with Gasteiger partial charge in [-0.05, 0) is 23.3 Å². The smallest absolute Gasteiger partial charge is 0.104 e. The van der Waals surface area contributed by atoms with E-state index >= 15 is 0 Å². The lowest BCUT2D eigenvalue weighted by atomic mass is 9.89. The number of nitrogens with one attached hydrogen (secondary N) is 1. The Kier molecular flexibility index (Phi) is 3.31.